The first-order valence-corrected chi connectivity index (χ1v) is 13.4. The Labute approximate surface area is 231 Å². The second-order valence-electron chi connectivity index (χ2n) is 9.96. The van der Waals surface area contributed by atoms with Crippen LogP contribution in [0.1, 0.15) is 35.4 Å². The molecular weight excluding hydrogens is 538 g/mol. The van der Waals surface area contributed by atoms with Gasteiger partial charge in [-0.15, -0.1) is 0 Å². The Hall–Kier alpha value is -2.33. The maximum Gasteiger partial charge on any atom is 0.434 e. The van der Waals surface area contributed by atoms with Gasteiger partial charge in [0, 0.05) is 42.9 Å². The summed E-state index contributed by atoms with van der Waals surface area (Å²) >= 11 is 12.0. The number of likely N-dealkylation sites (N-methyl/N-ethyl adjacent to an activating group) is 1. The number of fused-ring (bicyclic) bond motifs is 2. The molecular formula is C27H32Cl2F3N5O. The Morgan fingerprint density at radius 3 is 2.71 bits per heavy atom. The van der Waals surface area contributed by atoms with Gasteiger partial charge in [0.2, 0.25) is 0 Å². The maximum atomic E-state index is 13.2. The number of hydrogen-bond acceptors (Lipinski definition) is 4. The molecule has 4 rings (SSSR count). The molecule has 2 aromatic rings. The van der Waals surface area contributed by atoms with Crippen LogP contribution in [0.15, 0.2) is 35.9 Å². The van der Waals surface area contributed by atoms with Crippen LogP contribution in [0.3, 0.4) is 0 Å². The lowest BCUT2D eigenvalue weighted by molar-refractivity contribution is -0.141. The predicted octanol–water partition coefficient (Wildman–Crippen LogP) is 5.28. The van der Waals surface area contributed by atoms with E-state index in [0.29, 0.717) is 43.2 Å². The number of carbonyl (C=O) groups excluding carboxylic acids is 1. The number of halogens is 5. The fourth-order valence-electron chi connectivity index (χ4n) is 5.16. The molecule has 0 saturated heterocycles. The van der Waals surface area contributed by atoms with E-state index in [4.69, 9.17) is 23.2 Å². The van der Waals surface area contributed by atoms with Crippen molar-refractivity contribution in [1.29, 1.82) is 0 Å². The quantitative estimate of drug-likeness (QED) is 0.431. The molecule has 1 aromatic carbocycles. The minimum atomic E-state index is -4.59. The first-order valence-electron chi connectivity index (χ1n) is 12.7. The number of amides is 2. The van der Waals surface area contributed by atoms with Crippen LogP contribution in [0.25, 0.3) is 5.57 Å². The number of aromatic nitrogens is 1. The van der Waals surface area contributed by atoms with Gasteiger partial charge in [-0.05, 0) is 92.9 Å². The van der Waals surface area contributed by atoms with Crippen LogP contribution in [0.5, 0.6) is 0 Å². The second kappa shape index (κ2) is 12.2. The number of carbonyl (C=O) groups is 1. The van der Waals surface area contributed by atoms with Gasteiger partial charge in [-0.2, -0.15) is 13.2 Å². The van der Waals surface area contributed by atoms with Gasteiger partial charge in [0.25, 0.3) is 0 Å². The summed E-state index contributed by atoms with van der Waals surface area (Å²) < 4.78 is 39.6. The van der Waals surface area contributed by atoms with Crippen molar-refractivity contribution < 1.29 is 18.0 Å². The third-order valence-corrected chi connectivity index (χ3v) is 7.55. The summed E-state index contributed by atoms with van der Waals surface area (Å²) in [7, 11) is 3.89. The summed E-state index contributed by atoms with van der Waals surface area (Å²) in [5.41, 5.74) is 4.27. The van der Waals surface area contributed by atoms with E-state index in [1.165, 1.54) is 28.3 Å². The smallest absolute Gasteiger partial charge is 0.337 e. The molecule has 0 spiro atoms. The lowest BCUT2D eigenvalue weighted by Crippen LogP contribution is -2.50. The van der Waals surface area contributed by atoms with Gasteiger partial charge in [0.05, 0.1) is 5.02 Å². The maximum absolute atomic E-state index is 13.2. The molecule has 0 bridgehead atoms. The number of aryl methyl sites for hydroxylation is 1. The monoisotopic (exact) mass is 569 g/mol. The fraction of sp³-hybridized carbons (Fsp3) is 0.481. The Kier molecular flexibility index (Phi) is 9.23. The zero-order valence-electron chi connectivity index (χ0n) is 21.5. The molecule has 1 aliphatic carbocycles. The van der Waals surface area contributed by atoms with E-state index in [2.05, 4.69) is 26.6 Å². The summed E-state index contributed by atoms with van der Waals surface area (Å²) in [5.74, 6) is 0. The summed E-state index contributed by atoms with van der Waals surface area (Å²) in [6.07, 6.45) is -1.93. The van der Waals surface area contributed by atoms with Crippen LogP contribution < -0.4 is 10.6 Å². The van der Waals surface area contributed by atoms with Crippen molar-refractivity contribution >= 4 is 34.8 Å². The van der Waals surface area contributed by atoms with E-state index < -0.39 is 16.9 Å². The van der Waals surface area contributed by atoms with Crippen molar-refractivity contribution in [1.82, 2.24) is 25.4 Å². The summed E-state index contributed by atoms with van der Waals surface area (Å²) in [4.78, 5) is 20.5. The van der Waals surface area contributed by atoms with Gasteiger partial charge < -0.3 is 15.5 Å². The normalized spacial score (nSPS) is 17.5. The zero-order valence-corrected chi connectivity index (χ0v) is 23.0. The minimum Gasteiger partial charge on any atom is -0.337 e. The van der Waals surface area contributed by atoms with E-state index in [1.54, 1.807) is 6.07 Å². The number of nitrogens with zero attached hydrogens (tertiary/aromatic N) is 3. The van der Waals surface area contributed by atoms with Crippen LogP contribution in [-0.2, 0) is 19.0 Å². The van der Waals surface area contributed by atoms with Crippen molar-refractivity contribution in [2.45, 2.75) is 37.9 Å². The lowest BCUT2D eigenvalue weighted by Gasteiger charge is -2.37. The molecule has 2 aliphatic rings. The fourth-order valence-corrected chi connectivity index (χ4v) is 5.55. The Bertz CT molecular complexity index is 1200. The van der Waals surface area contributed by atoms with Gasteiger partial charge in [-0.25, -0.2) is 9.78 Å². The molecule has 1 aliphatic heterocycles. The number of urea groups is 1. The van der Waals surface area contributed by atoms with Gasteiger partial charge in [-0.1, -0.05) is 29.3 Å². The molecule has 1 atom stereocenters. The molecule has 0 saturated carbocycles. The van der Waals surface area contributed by atoms with Crippen LogP contribution in [0, 0.1) is 0 Å². The second-order valence-corrected chi connectivity index (χ2v) is 10.8. The Balaban J connectivity index is 1.45. The Morgan fingerprint density at radius 2 is 1.97 bits per heavy atom. The molecule has 1 aromatic heterocycles. The van der Waals surface area contributed by atoms with Crippen molar-refractivity contribution in [3.05, 3.63) is 68.5 Å². The highest BCUT2D eigenvalue weighted by molar-refractivity contribution is 6.31. The first kappa shape index (κ1) is 28.7. The molecule has 1 unspecified atom stereocenters. The van der Waals surface area contributed by atoms with E-state index in [-0.39, 0.29) is 12.1 Å². The number of nitrogens with one attached hydrogen (secondary N) is 2. The van der Waals surface area contributed by atoms with Crippen molar-refractivity contribution in [2.24, 2.45) is 0 Å². The minimum absolute atomic E-state index is 0.0200. The number of hydrogen-bond donors (Lipinski definition) is 2. The summed E-state index contributed by atoms with van der Waals surface area (Å²) in [6, 6.07) is 8.53. The van der Waals surface area contributed by atoms with Crippen LogP contribution >= 0.6 is 23.2 Å². The number of pyridine rings is 1. The van der Waals surface area contributed by atoms with Gasteiger partial charge in [-0.3, -0.25) is 4.90 Å². The number of alkyl halides is 3. The van der Waals surface area contributed by atoms with Crippen molar-refractivity contribution in [3.63, 3.8) is 0 Å². The third-order valence-electron chi connectivity index (χ3n) is 7.01. The van der Waals surface area contributed by atoms with Gasteiger partial charge >= 0.3 is 12.2 Å². The zero-order chi connectivity index (χ0) is 27.4. The molecule has 38 heavy (non-hydrogen) atoms. The SMILES string of the molecule is CN(C)CCNC(=O)NCC1C2=C(CCN1CCCc1ccc(Cl)c(C(F)(F)F)n1)c1cc(Cl)ccc1C2. The molecule has 2 N–H and O–H groups in total. The van der Waals surface area contributed by atoms with E-state index in [0.717, 1.165) is 25.9 Å². The molecule has 2 heterocycles. The molecule has 0 radical (unpaired) electrons. The molecule has 2 amide bonds. The molecule has 206 valence electrons. The average Bonchev–Trinajstić information content (AvgIpc) is 3.21. The summed E-state index contributed by atoms with van der Waals surface area (Å²) in [6.45, 7) is 3.16. The predicted molar refractivity (Wildman–Crippen MR) is 145 cm³/mol. The average molecular weight is 570 g/mol. The van der Waals surface area contributed by atoms with Crippen LogP contribution in [0.4, 0.5) is 18.0 Å². The van der Waals surface area contributed by atoms with Crippen molar-refractivity contribution in [2.75, 3.05) is 46.8 Å². The highest BCUT2D eigenvalue weighted by Crippen LogP contribution is 2.42. The number of rotatable bonds is 9. The highest BCUT2D eigenvalue weighted by atomic mass is 35.5. The van der Waals surface area contributed by atoms with Gasteiger partial charge in [0.15, 0.2) is 5.69 Å². The van der Waals surface area contributed by atoms with Crippen LogP contribution in [-0.4, -0.2) is 73.7 Å². The van der Waals surface area contributed by atoms with E-state index >= 15 is 0 Å². The van der Waals surface area contributed by atoms with Crippen molar-refractivity contribution in [3.8, 4) is 0 Å². The number of benzene rings is 1. The lowest BCUT2D eigenvalue weighted by atomic mass is 9.92. The third kappa shape index (κ3) is 7.00. The standard InChI is InChI=1S/C27H32Cl2F3N5O/c1-36(2)13-10-33-26(38)34-16-24-22-14-17-5-6-18(28)15-21(17)20(22)9-12-37(24)11-3-4-19-7-8-23(29)25(35-19)27(30,31)32/h5-8,15,24H,3-4,9-14,16H2,1-2H3,(H2,33,34,38). The Morgan fingerprint density at radius 1 is 1.18 bits per heavy atom. The molecule has 6 nitrogen and oxygen atoms in total. The highest BCUT2D eigenvalue weighted by Gasteiger charge is 2.36. The van der Waals surface area contributed by atoms with E-state index in [9.17, 15) is 18.0 Å². The van der Waals surface area contributed by atoms with Gasteiger partial charge in [0.1, 0.15) is 0 Å². The largest absolute Gasteiger partial charge is 0.434 e. The molecule has 11 heteroatoms. The summed E-state index contributed by atoms with van der Waals surface area (Å²) in [5, 5.41) is 6.21. The first-order chi connectivity index (χ1) is 18.0. The van der Waals surface area contributed by atoms with Crippen LogP contribution in [0.2, 0.25) is 10.0 Å². The molecule has 0 fully saturated rings. The van der Waals surface area contributed by atoms with E-state index in [1.807, 2.05) is 31.1 Å². The topological polar surface area (TPSA) is 60.5 Å².